The van der Waals surface area contributed by atoms with Gasteiger partial charge in [0.15, 0.2) is 5.78 Å². The number of Topliss-reactive ketones (excluding diaryl/α,β-unsaturated/α-hetero) is 1. The quantitative estimate of drug-likeness (QED) is 0.778. The third-order valence-electron chi connectivity index (χ3n) is 3.53. The number of carboxylic acids is 1. The van der Waals surface area contributed by atoms with E-state index in [1.165, 1.54) is 11.6 Å². The van der Waals surface area contributed by atoms with Gasteiger partial charge in [0.1, 0.15) is 17.4 Å². The van der Waals surface area contributed by atoms with Crippen LogP contribution in [0.1, 0.15) is 36.5 Å². The highest BCUT2D eigenvalue weighted by molar-refractivity contribution is 6.10. The van der Waals surface area contributed by atoms with E-state index in [9.17, 15) is 19.2 Å². The van der Waals surface area contributed by atoms with E-state index in [4.69, 9.17) is 5.11 Å². The number of fused-ring (bicyclic) bond motifs is 1. The third-order valence-corrected chi connectivity index (χ3v) is 3.53. The highest BCUT2D eigenvalue weighted by atomic mass is 16.4. The Bertz CT molecular complexity index is 716. The first-order chi connectivity index (χ1) is 9.88. The molecule has 0 amide bonds. The Morgan fingerprint density at radius 2 is 2.00 bits per heavy atom. The van der Waals surface area contributed by atoms with Crippen molar-refractivity contribution in [2.75, 3.05) is 5.32 Å². The lowest BCUT2D eigenvalue weighted by atomic mass is 10.1. The predicted octanol–water partition coefficient (Wildman–Crippen LogP) is -0.201. The van der Waals surface area contributed by atoms with E-state index in [-0.39, 0.29) is 11.4 Å². The number of rotatable bonds is 5. The largest absolute Gasteiger partial charge is 0.481 e. The lowest BCUT2D eigenvalue weighted by Gasteiger charge is -2.13. The molecule has 0 aromatic carbocycles. The molecule has 114 valence electrons. The minimum Gasteiger partial charge on any atom is -0.481 e. The second-order valence-corrected chi connectivity index (χ2v) is 5.03. The van der Waals surface area contributed by atoms with Crippen LogP contribution < -0.4 is 16.6 Å². The summed E-state index contributed by atoms with van der Waals surface area (Å²) < 4.78 is 2.22. The van der Waals surface area contributed by atoms with Gasteiger partial charge in [0.05, 0.1) is 6.42 Å². The van der Waals surface area contributed by atoms with Gasteiger partial charge in [0.2, 0.25) is 0 Å². The molecule has 0 saturated carbocycles. The standard InChI is InChI=1S/C13H17N3O5/c1-3-4-5-16-11-9(12(20)15(2)13(16)21)10(19)7(14-11)6-8(17)18/h7,14H,3-6H2,1-2H3,(H,17,18)/t7-/m0/s1. The first-order valence-corrected chi connectivity index (χ1v) is 6.74. The summed E-state index contributed by atoms with van der Waals surface area (Å²) in [6.45, 7) is 2.32. The molecule has 1 aromatic heterocycles. The number of nitrogens with zero attached hydrogens (tertiary/aromatic N) is 2. The summed E-state index contributed by atoms with van der Waals surface area (Å²) >= 11 is 0. The fourth-order valence-corrected chi connectivity index (χ4v) is 2.39. The summed E-state index contributed by atoms with van der Waals surface area (Å²) in [4.78, 5) is 47.2. The average Bonchev–Trinajstić information content (AvgIpc) is 2.73. The maximum Gasteiger partial charge on any atom is 0.332 e. The van der Waals surface area contributed by atoms with Crippen LogP contribution in [0.3, 0.4) is 0 Å². The van der Waals surface area contributed by atoms with Crippen LogP contribution in [0.2, 0.25) is 0 Å². The minimum atomic E-state index is -1.15. The van der Waals surface area contributed by atoms with Crippen molar-refractivity contribution in [3.8, 4) is 0 Å². The van der Waals surface area contributed by atoms with Crippen molar-refractivity contribution < 1.29 is 14.7 Å². The highest BCUT2D eigenvalue weighted by Gasteiger charge is 2.37. The lowest BCUT2D eigenvalue weighted by Crippen LogP contribution is -2.40. The maximum atomic E-state index is 12.2. The number of ketones is 1. The minimum absolute atomic E-state index is 0.126. The van der Waals surface area contributed by atoms with Crippen molar-refractivity contribution in [1.82, 2.24) is 9.13 Å². The van der Waals surface area contributed by atoms with Gasteiger partial charge in [-0.15, -0.1) is 0 Å². The Morgan fingerprint density at radius 3 is 2.57 bits per heavy atom. The van der Waals surface area contributed by atoms with Crippen LogP contribution in [0.5, 0.6) is 0 Å². The van der Waals surface area contributed by atoms with Crippen LogP contribution in [-0.2, 0) is 18.4 Å². The van der Waals surface area contributed by atoms with Crippen LogP contribution in [0.4, 0.5) is 5.82 Å². The molecule has 0 fully saturated rings. The van der Waals surface area contributed by atoms with Gasteiger partial charge in [0, 0.05) is 13.6 Å². The molecule has 8 nitrogen and oxygen atoms in total. The van der Waals surface area contributed by atoms with Crippen molar-refractivity contribution in [3.63, 3.8) is 0 Å². The Hall–Kier alpha value is -2.38. The van der Waals surface area contributed by atoms with Gasteiger partial charge in [-0.25, -0.2) is 4.79 Å². The first-order valence-electron chi connectivity index (χ1n) is 6.74. The number of carbonyl (C=O) groups is 2. The number of aliphatic carboxylic acids is 1. The number of unbranched alkanes of at least 4 members (excludes halogenated alkanes) is 1. The van der Waals surface area contributed by atoms with E-state index in [0.29, 0.717) is 13.0 Å². The smallest absolute Gasteiger partial charge is 0.332 e. The number of aromatic nitrogens is 2. The zero-order valence-electron chi connectivity index (χ0n) is 11.9. The second-order valence-electron chi connectivity index (χ2n) is 5.03. The summed E-state index contributed by atoms with van der Waals surface area (Å²) in [7, 11) is 1.31. The van der Waals surface area contributed by atoms with Crippen LogP contribution >= 0.6 is 0 Å². The molecule has 2 heterocycles. The molecule has 2 N–H and O–H groups in total. The molecule has 0 spiro atoms. The Morgan fingerprint density at radius 1 is 1.33 bits per heavy atom. The van der Waals surface area contributed by atoms with Crippen molar-refractivity contribution in [3.05, 3.63) is 26.4 Å². The van der Waals surface area contributed by atoms with Crippen LogP contribution in [0.25, 0.3) is 0 Å². The number of hydrogen-bond donors (Lipinski definition) is 2. The Balaban J connectivity index is 2.57. The topological polar surface area (TPSA) is 110 Å². The lowest BCUT2D eigenvalue weighted by molar-refractivity contribution is -0.137. The molecule has 21 heavy (non-hydrogen) atoms. The van der Waals surface area contributed by atoms with E-state index in [1.807, 2.05) is 6.92 Å². The summed E-state index contributed by atoms with van der Waals surface area (Å²) in [6, 6.07) is -1.00. The molecule has 1 aromatic rings. The van der Waals surface area contributed by atoms with Gasteiger partial charge in [-0.1, -0.05) is 13.3 Å². The van der Waals surface area contributed by atoms with Crippen LogP contribution in [-0.4, -0.2) is 32.0 Å². The first kappa shape index (κ1) is 15.0. The predicted molar refractivity (Wildman–Crippen MR) is 74.8 cm³/mol. The molecule has 2 rings (SSSR count). The molecular formula is C13H17N3O5. The fraction of sp³-hybridized carbons (Fsp3) is 0.538. The molecule has 1 aliphatic rings. The van der Waals surface area contributed by atoms with E-state index < -0.39 is 35.5 Å². The summed E-state index contributed by atoms with van der Waals surface area (Å²) in [5.41, 5.74) is -1.32. The number of carboxylic acid groups (broad SMARTS) is 1. The number of anilines is 1. The Labute approximate surface area is 120 Å². The van der Waals surface area contributed by atoms with Gasteiger partial charge in [-0.05, 0) is 6.42 Å². The van der Waals surface area contributed by atoms with Crippen molar-refractivity contribution in [2.24, 2.45) is 7.05 Å². The fourth-order valence-electron chi connectivity index (χ4n) is 2.39. The SMILES string of the molecule is CCCCn1c2c(c(=O)n(C)c1=O)C(=O)[C@H](CC(=O)O)N2. The van der Waals surface area contributed by atoms with Gasteiger partial charge >= 0.3 is 11.7 Å². The molecular weight excluding hydrogens is 278 g/mol. The van der Waals surface area contributed by atoms with Crippen LogP contribution in [0, 0.1) is 0 Å². The van der Waals surface area contributed by atoms with Gasteiger partial charge in [-0.2, -0.15) is 0 Å². The molecule has 0 radical (unpaired) electrons. The normalized spacial score (nSPS) is 16.7. The average molecular weight is 295 g/mol. The molecule has 1 aliphatic heterocycles. The molecule has 0 bridgehead atoms. The number of hydrogen-bond acceptors (Lipinski definition) is 5. The maximum absolute atomic E-state index is 12.2. The molecule has 0 aliphatic carbocycles. The highest BCUT2D eigenvalue weighted by Crippen LogP contribution is 2.23. The van der Waals surface area contributed by atoms with Gasteiger partial charge in [0.25, 0.3) is 5.56 Å². The molecule has 1 atom stereocenters. The monoisotopic (exact) mass is 295 g/mol. The molecule has 0 saturated heterocycles. The van der Waals surface area contributed by atoms with E-state index in [1.54, 1.807) is 0 Å². The zero-order valence-corrected chi connectivity index (χ0v) is 11.9. The molecule has 0 unspecified atom stereocenters. The summed E-state index contributed by atoms with van der Waals surface area (Å²) in [6.07, 6.45) is 1.12. The van der Waals surface area contributed by atoms with E-state index >= 15 is 0 Å². The zero-order chi connectivity index (χ0) is 15.7. The Kier molecular flexibility index (Phi) is 3.97. The third kappa shape index (κ3) is 2.48. The van der Waals surface area contributed by atoms with Gasteiger partial charge < -0.3 is 10.4 Å². The van der Waals surface area contributed by atoms with Crippen molar-refractivity contribution in [2.45, 2.75) is 38.8 Å². The van der Waals surface area contributed by atoms with Crippen LogP contribution in [0.15, 0.2) is 9.59 Å². The van der Waals surface area contributed by atoms with E-state index in [2.05, 4.69) is 5.32 Å². The van der Waals surface area contributed by atoms with E-state index in [0.717, 1.165) is 11.0 Å². The summed E-state index contributed by atoms with van der Waals surface area (Å²) in [5, 5.41) is 11.5. The number of carbonyl (C=O) groups excluding carboxylic acids is 1. The van der Waals surface area contributed by atoms with Crippen molar-refractivity contribution >= 4 is 17.6 Å². The van der Waals surface area contributed by atoms with Crippen molar-refractivity contribution in [1.29, 1.82) is 0 Å². The van der Waals surface area contributed by atoms with Gasteiger partial charge in [-0.3, -0.25) is 23.5 Å². The second kappa shape index (κ2) is 5.55. The molecule has 8 heteroatoms. The number of nitrogens with one attached hydrogen (secondary N) is 1. The summed E-state index contributed by atoms with van der Waals surface area (Å²) in [5.74, 6) is -1.57.